The molecule has 1 amide bonds. The standard InChI is InChI=1S/C12H14N2O2/c1-8(15)6-11-12(16)14-10-5-3-2-4-9(10)7-13-11/h2-5,11,13H,6-7H2,1H3,(H,14,16). The summed E-state index contributed by atoms with van der Waals surface area (Å²) in [5, 5.41) is 5.91. The fourth-order valence-electron chi connectivity index (χ4n) is 1.79. The van der Waals surface area contributed by atoms with Crippen LogP contribution < -0.4 is 10.6 Å². The van der Waals surface area contributed by atoms with Crippen LogP contribution in [-0.4, -0.2) is 17.7 Å². The van der Waals surface area contributed by atoms with E-state index in [1.807, 2.05) is 24.3 Å². The number of hydrogen-bond acceptors (Lipinski definition) is 3. The van der Waals surface area contributed by atoms with E-state index < -0.39 is 6.04 Å². The molecule has 0 bridgehead atoms. The maximum absolute atomic E-state index is 11.8. The molecule has 4 heteroatoms. The molecule has 2 N–H and O–H groups in total. The highest BCUT2D eigenvalue weighted by Crippen LogP contribution is 2.18. The predicted octanol–water partition coefficient (Wildman–Crippen LogP) is 1.08. The van der Waals surface area contributed by atoms with Crippen molar-refractivity contribution in [3.8, 4) is 0 Å². The highest BCUT2D eigenvalue weighted by Gasteiger charge is 2.23. The zero-order valence-electron chi connectivity index (χ0n) is 9.12. The maximum Gasteiger partial charge on any atom is 0.241 e. The third-order valence-corrected chi connectivity index (χ3v) is 2.62. The number of hydrogen-bond donors (Lipinski definition) is 2. The summed E-state index contributed by atoms with van der Waals surface area (Å²) in [6.45, 7) is 2.10. The molecule has 0 fully saturated rings. The van der Waals surface area contributed by atoms with E-state index in [0.717, 1.165) is 11.3 Å². The van der Waals surface area contributed by atoms with Crippen molar-refractivity contribution in [2.45, 2.75) is 25.9 Å². The second kappa shape index (κ2) is 4.45. The Bertz CT molecular complexity index is 429. The second-order valence-corrected chi connectivity index (χ2v) is 3.99. The van der Waals surface area contributed by atoms with Gasteiger partial charge in [0.25, 0.3) is 0 Å². The van der Waals surface area contributed by atoms with E-state index in [9.17, 15) is 9.59 Å². The van der Waals surface area contributed by atoms with Gasteiger partial charge in [0.2, 0.25) is 5.91 Å². The van der Waals surface area contributed by atoms with Crippen LogP contribution in [0, 0.1) is 0 Å². The van der Waals surface area contributed by atoms with Gasteiger partial charge in [0.15, 0.2) is 0 Å². The summed E-state index contributed by atoms with van der Waals surface area (Å²) in [5.74, 6) is -0.126. The number of carbonyl (C=O) groups excluding carboxylic acids is 2. The molecule has 4 nitrogen and oxygen atoms in total. The molecule has 0 saturated carbocycles. The maximum atomic E-state index is 11.8. The largest absolute Gasteiger partial charge is 0.324 e. The van der Waals surface area contributed by atoms with Crippen LogP contribution in [0.15, 0.2) is 24.3 Å². The molecule has 1 heterocycles. The highest BCUT2D eigenvalue weighted by molar-refractivity contribution is 5.98. The Kier molecular flexibility index (Phi) is 3.01. The van der Waals surface area contributed by atoms with E-state index in [1.165, 1.54) is 6.92 Å². The van der Waals surface area contributed by atoms with E-state index in [4.69, 9.17) is 0 Å². The van der Waals surface area contributed by atoms with Gasteiger partial charge < -0.3 is 10.6 Å². The van der Waals surface area contributed by atoms with Crippen molar-refractivity contribution in [2.24, 2.45) is 0 Å². The summed E-state index contributed by atoms with van der Waals surface area (Å²) >= 11 is 0. The Morgan fingerprint density at radius 2 is 2.19 bits per heavy atom. The number of anilines is 1. The third-order valence-electron chi connectivity index (χ3n) is 2.62. The van der Waals surface area contributed by atoms with Gasteiger partial charge in [-0.05, 0) is 18.6 Å². The number of fused-ring (bicyclic) bond motifs is 1. The van der Waals surface area contributed by atoms with Gasteiger partial charge in [-0.25, -0.2) is 0 Å². The van der Waals surface area contributed by atoms with Gasteiger partial charge >= 0.3 is 0 Å². The molecule has 0 saturated heterocycles. The van der Waals surface area contributed by atoms with Crippen LogP contribution in [-0.2, 0) is 16.1 Å². The molecule has 0 aliphatic carbocycles. The van der Waals surface area contributed by atoms with Gasteiger partial charge in [-0.2, -0.15) is 0 Å². The summed E-state index contributed by atoms with van der Waals surface area (Å²) in [7, 11) is 0. The quantitative estimate of drug-likeness (QED) is 0.780. The van der Waals surface area contributed by atoms with Crippen molar-refractivity contribution >= 4 is 17.4 Å². The summed E-state index contributed by atoms with van der Waals surface area (Å²) in [5.41, 5.74) is 1.87. The third kappa shape index (κ3) is 2.28. The first kappa shape index (κ1) is 10.8. The monoisotopic (exact) mass is 218 g/mol. The fraction of sp³-hybridized carbons (Fsp3) is 0.333. The Morgan fingerprint density at radius 1 is 1.44 bits per heavy atom. The molecular weight excluding hydrogens is 204 g/mol. The number of para-hydroxylation sites is 1. The van der Waals surface area contributed by atoms with Gasteiger partial charge in [-0.15, -0.1) is 0 Å². The normalized spacial score (nSPS) is 19.6. The van der Waals surface area contributed by atoms with Gasteiger partial charge in [-0.1, -0.05) is 18.2 Å². The number of Topliss-reactive ketones (excluding diaryl/α,β-unsaturated/α-hetero) is 1. The minimum absolute atomic E-state index is 0.0126. The lowest BCUT2D eigenvalue weighted by molar-refractivity contribution is -0.123. The molecule has 1 unspecified atom stereocenters. The molecule has 16 heavy (non-hydrogen) atoms. The lowest BCUT2D eigenvalue weighted by Gasteiger charge is -2.11. The Balaban J connectivity index is 2.18. The number of rotatable bonds is 2. The van der Waals surface area contributed by atoms with Crippen molar-refractivity contribution in [3.05, 3.63) is 29.8 Å². The van der Waals surface area contributed by atoms with Crippen molar-refractivity contribution in [2.75, 3.05) is 5.32 Å². The molecule has 1 atom stereocenters. The molecular formula is C12H14N2O2. The topological polar surface area (TPSA) is 58.2 Å². The van der Waals surface area contributed by atoms with Crippen molar-refractivity contribution < 1.29 is 9.59 Å². The molecule has 0 aromatic heterocycles. The minimum atomic E-state index is -0.426. The number of ketones is 1. The van der Waals surface area contributed by atoms with E-state index >= 15 is 0 Å². The molecule has 0 radical (unpaired) electrons. The van der Waals surface area contributed by atoms with Gasteiger partial charge in [0, 0.05) is 18.7 Å². The highest BCUT2D eigenvalue weighted by atomic mass is 16.2. The van der Waals surface area contributed by atoms with Crippen molar-refractivity contribution in [3.63, 3.8) is 0 Å². The van der Waals surface area contributed by atoms with Crippen LogP contribution in [0.5, 0.6) is 0 Å². The summed E-state index contributed by atoms with van der Waals surface area (Å²) in [4.78, 5) is 22.8. The van der Waals surface area contributed by atoms with E-state index in [-0.39, 0.29) is 18.1 Å². The Morgan fingerprint density at radius 3 is 2.94 bits per heavy atom. The van der Waals surface area contributed by atoms with Crippen molar-refractivity contribution in [1.82, 2.24) is 5.32 Å². The predicted molar refractivity (Wildman–Crippen MR) is 61.0 cm³/mol. The first-order chi connectivity index (χ1) is 7.66. The fourth-order valence-corrected chi connectivity index (χ4v) is 1.79. The van der Waals surface area contributed by atoms with Crippen LogP contribution in [0.2, 0.25) is 0 Å². The molecule has 1 aliphatic heterocycles. The Hall–Kier alpha value is -1.68. The van der Waals surface area contributed by atoms with Crippen LogP contribution in [0.3, 0.4) is 0 Å². The molecule has 1 aromatic rings. The molecule has 1 aromatic carbocycles. The second-order valence-electron chi connectivity index (χ2n) is 3.99. The van der Waals surface area contributed by atoms with Gasteiger partial charge in [0.05, 0.1) is 6.04 Å². The zero-order valence-corrected chi connectivity index (χ0v) is 9.12. The molecule has 84 valence electrons. The average Bonchev–Trinajstić information content (AvgIpc) is 2.39. The van der Waals surface area contributed by atoms with Crippen LogP contribution in [0.4, 0.5) is 5.69 Å². The smallest absolute Gasteiger partial charge is 0.241 e. The first-order valence-corrected chi connectivity index (χ1v) is 5.28. The van der Waals surface area contributed by atoms with Crippen molar-refractivity contribution in [1.29, 1.82) is 0 Å². The van der Waals surface area contributed by atoms with Crippen LogP contribution in [0.25, 0.3) is 0 Å². The Labute approximate surface area is 94.0 Å². The van der Waals surface area contributed by atoms with E-state index in [0.29, 0.717) is 6.54 Å². The molecule has 1 aliphatic rings. The minimum Gasteiger partial charge on any atom is -0.324 e. The van der Waals surface area contributed by atoms with Crippen LogP contribution in [0.1, 0.15) is 18.9 Å². The lowest BCUT2D eigenvalue weighted by atomic mass is 10.1. The number of benzene rings is 1. The SMILES string of the molecule is CC(=O)CC1NCc2ccccc2NC1=O. The summed E-state index contributed by atoms with van der Waals surface area (Å²) < 4.78 is 0. The lowest BCUT2D eigenvalue weighted by Crippen LogP contribution is -2.39. The first-order valence-electron chi connectivity index (χ1n) is 5.28. The molecule has 2 rings (SSSR count). The van der Waals surface area contributed by atoms with E-state index in [1.54, 1.807) is 0 Å². The summed E-state index contributed by atoms with van der Waals surface area (Å²) in [6.07, 6.45) is 0.236. The van der Waals surface area contributed by atoms with E-state index in [2.05, 4.69) is 10.6 Å². The number of amides is 1. The molecule has 0 spiro atoms. The summed E-state index contributed by atoms with van der Waals surface area (Å²) in [6, 6.07) is 7.21. The van der Waals surface area contributed by atoms with Crippen LogP contribution >= 0.6 is 0 Å². The number of nitrogens with one attached hydrogen (secondary N) is 2. The zero-order chi connectivity index (χ0) is 11.5. The number of carbonyl (C=O) groups is 2. The van der Waals surface area contributed by atoms with Gasteiger partial charge in [0.1, 0.15) is 5.78 Å². The van der Waals surface area contributed by atoms with Gasteiger partial charge in [-0.3, -0.25) is 9.59 Å². The average molecular weight is 218 g/mol.